The molecule has 2 aromatic rings. The number of rotatable bonds is 5. The second-order valence-corrected chi connectivity index (χ2v) is 5.13. The van der Waals surface area contributed by atoms with Crippen LogP contribution in [-0.4, -0.2) is 11.1 Å². The van der Waals surface area contributed by atoms with Crippen molar-refractivity contribution in [2.75, 3.05) is 5.32 Å². The number of anilines is 1. The van der Waals surface area contributed by atoms with Crippen LogP contribution in [0.25, 0.3) is 0 Å². The molecule has 0 saturated carbocycles. The SMILES string of the molecule is O=C(O)Cc1ccc(CNc2cccc(Cl)c2Cl)cc1. The van der Waals surface area contributed by atoms with E-state index in [-0.39, 0.29) is 6.42 Å². The third kappa shape index (κ3) is 3.89. The molecule has 104 valence electrons. The summed E-state index contributed by atoms with van der Waals surface area (Å²) < 4.78 is 0. The second-order valence-electron chi connectivity index (χ2n) is 4.34. The van der Waals surface area contributed by atoms with E-state index in [9.17, 15) is 4.79 Å². The quantitative estimate of drug-likeness (QED) is 0.869. The van der Waals surface area contributed by atoms with Crippen LogP contribution in [0, 0.1) is 0 Å². The number of carbonyl (C=O) groups is 1. The van der Waals surface area contributed by atoms with Crippen LogP contribution < -0.4 is 5.32 Å². The number of benzene rings is 2. The van der Waals surface area contributed by atoms with Gasteiger partial charge in [-0.3, -0.25) is 4.79 Å². The standard InChI is InChI=1S/C15H13Cl2NO2/c16-12-2-1-3-13(15(12)17)18-9-11-6-4-10(5-7-11)8-14(19)20/h1-7,18H,8-9H2,(H,19,20). The van der Waals surface area contributed by atoms with Crippen molar-refractivity contribution in [2.24, 2.45) is 0 Å². The van der Waals surface area contributed by atoms with Crippen LogP contribution in [0.5, 0.6) is 0 Å². The molecule has 0 unspecified atom stereocenters. The van der Waals surface area contributed by atoms with Gasteiger partial charge in [0.05, 0.1) is 22.2 Å². The number of aliphatic carboxylic acids is 1. The van der Waals surface area contributed by atoms with E-state index in [1.807, 2.05) is 36.4 Å². The third-order valence-electron chi connectivity index (χ3n) is 2.81. The average molecular weight is 310 g/mol. The highest BCUT2D eigenvalue weighted by molar-refractivity contribution is 6.43. The number of hydrogen-bond donors (Lipinski definition) is 2. The Morgan fingerprint density at radius 3 is 2.35 bits per heavy atom. The van der Waals surface area contributed by atoms with Gasteiger partial charge in [0.1, 0.15) is 0 Å². The third-order valence-corrected chi connectivity index (χ3v) is 3.63. The molecule has 3 nitrogen and oxygen atoms in total. The monoisotopic (exact) mass is 309 g/mol. The molecule has 0 aliphatic heterocycles. The van der Waals surface area contributed by atoms with Gasteiger partial charge in [0, 0.05) is 6.54 Å². The Morgan fingerprint density at radius 2 is 1.70 bits per heavy atom. The molecule has 0 fully saturated rings. The predicted molar refractivity (Wildman–Crippen MR) is 81.6 cm³/mol. The zero-order valence-electron chi connectivity index (χ0n) is 10.6. The maximum Gasteiger partial charge on any atom is 0.307 e. The molecule has 0 radical (unpaired) electrons. The first kappa shape index (κ1) is 14.7. The van der Waals surface area contributed by atoms with Gasteiger partial charge in [-0.15, -0.1) is 0 Å². The van der Waals surface area contributed by atoms with Crippen LogP contribution in [-0.2, 0) is 17.8 Å². The fourth-order valence-corrected chi connectivity index (χ4v) is 2.15. The summed E-state index contributed by atoms with van der Waals surface area (Å²) in [6.07, 6.45) is 0.0355. The molecule has 0 saturated heterocycles. The van der Waals surface area contributed by atoms with Gasteiger partial charge in [0.2, 0.25) is 0 Å². The van der Waals surface area contributed by atoms with Gasteiger partial charge in [0.25, 0.3) is 0 Å². The summed E-state index contributed by atoms with van der Waals surface area (Å²) in [5.41, 5.74) is 2.59. The van der Waals surface area contributed by atoms with Gasteiger partial charge in [-0.05, 0) is 23.3 Å². The first-order valence-corrected chi connectivity index (χ1v) is 6.79. The minimum absolute atomic E-state index is 0.0355. The van der Waals surface area contributed by atoms with Gasteiger partial charge >= 0.3 is 5.97 Å². The summed E-state index contributed by atoms with van der Waals surface area (Å²) in [5.74, 6) is -0.832. The number of halogens is 2. The average Bonchev–Trinajstić information content (AvgIpc) is 2.41. The molecule has 0 amide bonds. The molecule has 0 bridgehead atoms. The summed E-state index contributed by atoms with van der Waals surface area (Å²) in [4.78, 5) is 10.6. The highest BCUT2D eigenvalue weighted by Crippen LogP contribution is 2.29. The lowest BCUT2D eigenvalue weighted by Crippen LogP contribution is -2.02. The summed E-state index contributed by atoms with van der Waals surface area (Å²) in [6, 6.07) is 12.8. The second kappa shape index (κ2) is 6.64. The van der Waals surface area contributed by atoms with Crippen LogP contribution >= 0.6 is 23.2 Å². The Hall–Kier alpha value is -1.71. The highest BCUT2D eigenvalue weighted by Gasteiger charge is 2.04. The van der Waals surface area contributed by atoms with Gasteiger partial charge in [0.15, 0.2) is 0 Å². The lowest BCUT2D eigenvalue weighted by atomic mass is 10.1. The molecule has 2 rings (SSSR count). The maximum absolute atomic E-state index is 10.6. The molecule has 0 aromatic heterocycles. The lowest BCUT2D eigenvalue weighted by molar-refractivity contribution is -0.136. The fourth-order valence-electron chi connectivity index (χ4n) is 1.79. The minimum atomic E-state index is -0.832. The summed E-state index contributed by atoms with van der Waals surface area (Å²) >= 11 is 12.0. The number of carboxylic acid groups (broad SMARTS) is 1. The Bertz CT molecular complexity index is 612. The van der Waals surface area contributed by atoms with Crippen LogP contribution in [0.2, 0.25) is 10.0 Å². The van der Waals surface area contributed by atoms with Crippen LogP contribution in [0.15, 0.2) is 42.5 Å². The van der Waals surface area contributed by atoms with Gasteiger partial charge in [-0.2, -0.15) is 0 Å². The van der Waals surface area contributed by atoms with Crippen molar-refractivity contribution in [2.45, 2.75) is 13.0 Å². The molecule has 0 aliphatic rings. The van der Waals surface area contributed by atoms with Crippen molar-refractivity contribution in [3.63, 3.8) is 0 Å². The molecule has 0 atom stereocenters. The van der Waals surface area contributed by atoms with Gasteiger partial charge < -0.3 is 10.4 Å². The highest BCUT2D eigenvalue weighted by atomic mass is 35.5. The van der Waals surface area contributed by atoms with E-state index in [1.165, 1.54) is 0 Å². The van der Waals surface area contributed by atoms with Crippen molar-refractivity contribution in [3.05, 3.63) is 63.6 Å². The topological polar surface area (TPSA) is 49.3 Å². The molecule has 2 aromatic carbocycles. The maximum atomic E-state index is 10.6. The minimum Gasteiger partial charge on any atom is -0.481 e. The first-order valence-electron chi connectivity index (χ1n) is 6.04. The Kier molecular flexibility index (Phi) is 4.88. The van der Waals surface area contributed by atoms with Crippen LogP contribution in [0.3, 0.4) is 0 Å². The number of hydrogen-bond acceptors (Lipinski definition) is 2. The first-order chi connectivity index (χ1) is 9.56. The van der Waals surface area contributed by atoms with Gasteiger partial charge in [-0.25, -0.2) is 0 Å². The van der Waals surface area contributed by atoms with Crippen molar-refractivity contribution in [3.8, 4) is 0 Å². The van der Waals surface area contributed by atoms with Crippen molar-refractivity contribution < 1.29 is 9.90 Å². The van der Waals surface area contributed by atoms with E-state index in [1.54, 1.807) is 6.07 Å². The van der Waals surface area contributed by atoms with Crippen molar-refractivity contribution in [1.82, 2.24) is 0 Å². The lowest BCUT2D eigenvalue weighted by Gasteiger charge is -2.09. The number of nitrogens with one attached hydrogen (secondary N) is 1. The zero-order chi connectivity index (χ0) is 14.5. The smallest absolute Gasteiger partial charge is 0.307 e. The van der Waals surface area contributed by atoms with E-state index in [0.717, 1.165) is 16.8 Å². The molecular weight excluding hydrogens is 297 g/mol. The van der Waals surface area contributed by atoms with E-state index < -0.39 is 5.97 Å². The molecule has 0 spiro atoms. The fraction of sp³-hybridized carbons (Fsp3) is 0.133. The normalized spacial score (nSPS) is 10.3. The summed E-state index contributed by atoms with van der Waals surface area (Å²) in [7, 11) is 0. The van der Waals surface area contributed by atoms with E-state index in [2.05, 4.69) is 5.32 Å². The Morgan fingerprint density at radius 1 is 1.05 bits per heavy atom. The summed E-state index contributed by atoms with van der Waals surface area (Å²) in [5, 5.41) is 12.9. The van der Waals surface area contributed by atoms with Crippen molar-refractivity contribution in [1.29, 1.82) is 0 Å². The van der Waals surface area contributed by atoms with Crippen molar-refractivity contribution >= 4 is 34.9 Å². The van der Waals surface area contributed by atoms with E-state index >= 15 is 0 Å². The number of carboxylic acids is 1. The zero-order valence-corrected chi connectivity index (χ0v) is 12.1. The predicted octanol–water partition coefficient (Wildman–Crippen LogP) is 4.23. The molecule has 5 heteroatoms. The Labute approximate surface area is 127 Å². The largest absolute Gasteiger partial charge is 0.481 e. The molecule has 0 aliphatic carbocycles. The summed E-state index contributed by atoms with van der Waals surface area (Å²) in [6.45, 7) is 0.591. The molecule has 2 N–H and O–H groups in total. The van der Waals surface area contributed by atoms with E-state index in [4.69, 9.17) is 28.3 Å². The van der Waals surface area contributed by atoms with Crippen LogP contribution in [0.4, 0.5) is 5.69 Å². The van der Waals surface area contributed by atoms with Gasteiger partial charge in [-0.1, -0.05) is 53.5 Å². The molecule has 0 heterocycles. The molecular formula is C15H13Cl2NO2. The molecule has 20 heavy (non-hydrogen) atoms. The Balaban J connectivity index is 2.00. The van der Waals surface area contributed by atoms with E-state index in [0.29, 0.717) is 16.6 Å². The van der Waals surface area contributed by atoms with Crippen LogP contribution in [0.1, 0.15) is 11.1 Å².